The first kappa shape index (κ1) is 20.0. The van der Waals surface area contributed by atoms with Gasteiger partial charge in [0.25, 0.3) is 5.91 Å². The number of nitrogens with one attached hydrogen (secondary N) is 3. The van der Waals surface area contributed by atoms with Gasteiger partial charge in [0, 0.05) is 22.7 Å². The van der Waals surface area contributed by atoms with Crippen LogP contribution in [0.15, 0.2) is 36.0 Å². The average Bonchev–Trinajstić information content (AvgIpc) is 3.42. The molecule has 1 atom stereocenters. The third kappa shape index (κ3) is 3.86. The van der Waals surface area contributed by atoms with Crippen molar-refractivity contribution in [1.29, 1.82) is 0 Å². The Kier molecular flexibility index (Phi) is 4.96. The maximum Gasteiger partial charge on any atom is 0.254 e. The van der Waals surface area contributed by atoms with Crippen LogP contribution in [0.1, 0.15) is 43.4 Å². The first-order chi connectivity index (χ1) is 15.5. The third-order valence-electron chi connectivity index (χ3n) is 5.48. The lowest BCUT2D eigenvalue weighted by Gasteiger charge is -2.18. The average molecular weight is 433 g/mol. The summed E-state index contributed by atoms with van der Waals surface area (Å²) in [7, 11) is 1.64. The number of rotatable bonds is 7. The van der Waals surface area contributed by atoms with Crippen molar-refractivity contribution in [2.45, 2.75) is 38.3 Å². The van der Waals surface area contributed by atoms with Crippen molar-refractivity contribution < 1.29 is 14.3 Å². The topological polar surface area (TPSA) is 123 Å². The number of carbonyl (C=O) groups excluding carboxylic acids is 2. The number of fused-ring (bicyclic) bond motifs is 1. The van der Waals surface area contributed by atoms with Crippen molar-refractivity contribution in [2.24, 2.45) is 0 Å². The van der Waals surface area contributed by atoms with Gasteiger partial charge in [-0.25, -0.2) is 0 Å². The first-order valence-corrected chi connectivity index (χ1v) is 10.5. The van der Waals surface area contributed by atoms with Gasteiger partial charge >= 0.3 is 0 Å². The lowest BCUT2D eigenvalue weighted by Crippen LogP contribution is -2.19. The van der Waals surface area contributed by atoms with Crippen LogP contribution in [0.4, 0.5) is 11.9 Å². The molecule has 10 nitrogen and oxygen atoms in total. The van der Waals surface area contributed by atoms with Crippen LogP contribution in [0, 0.1) is 0 Å². The Labute approximate surface area is 184 Å². The van der Waals surface area contributed by atoms with E-state index >= 15 is 0 Å². The second-order valence-electron chi connectivity index (χ2n) is 7.96. The number of hydrogen-bond donors (Lipinski definition) is 3. The molecule has 32 heavy (non-hydrogen) atoms. The molecule has 2 aliphatic rings. The summed E-state index contributed by atoms with van der Waals surface area (Å²) in [5, 5.41) is 13.4. The summed E-state index contributed by atoms with van der Waals surface area (Å²) < 4.78 is 7.10. The second-order valence-corrected chi connectivity index (χ2v) is 7.96. The molecule has 0 unspecified atom stereocenters. The van der Waals surface area contributed by atoms with E-state index in [9.17, 15) is 9.59 Å². The summed E-state index contributed by atoms with van der Waals surface area (Å²) in [6.45, 7) is 2.01. The van der Waals surface area contributed by atoms with E-state index in [2.05, 4.69) is 31.0 Å². The highest BCUT2D eigenvalue weighted by Gasteiger charge is 2.26. The largest absolute Gasteiger partial charge is 0.496 e. The monoisotopic (exact) mass is 433 g/mol. The van der Waals surface area contributed by atoms with Gasteiger partial charge in [-0.2, -0.15) is 19.6 Å². The van der Waals surface area contributed by atoms with E-state index in [0.29, 0.717) is 34.7 Å². The van der Waals surface area contributed by atoms with Crippen molar-refractivity contribution in [3.8, 4) is 5.75 Å². The summed E-state index contributed by atoms with van der Waals surface area (Å²) in [6, 6.07) is 8.01. The predicted octanol–water partition coefficient (Wildman–Crippen LogP) is 2.31. The van der Waals surface area contributed by atoms with Crippen LogP contribution in [-0.4, -0.2) is 44.5 Å². The molecular weight excluding hydrogens is 410 g/mol. The first-order valence-electron chi connectivity index (χ1n) is 10.5. The Morgan fingerprint density at radius 1 is 1.25 bits per heavy atom. The minimum Gasteiger partial charge on any atom is -0.496 e. The van der Waals surface area contributed by atoms with E-state index < -0.39 is 0 Å². The Morgan fingerprint density at radius 3 is 2.78 bits per heavy atom. The van der Waals surface area contributed by atoms with Gasteiger partial charge in [-0.1, -0.05) is 18.2 Å². The number of para-hydroxylation sites is 1. The molecule has 2 aromatic heterocycles. The van der Waals surface area contributed by atoms with Gasteiger partial charge in [-0.05, 0) is 31.9 Å². The van der Waals surface area contributed by atoms with Crippen LogP contribution in [0.2, 0.25) is 0 Å². The molecule has 1 saturated carbocycles. The molecule has 3 aromatic rings. The summed E-state index contributed by atoms with van der Waals surface area (Å²) in [5.41, 5.74) is 2.54. The Morgan fingerprint density at radius 2 is 2.06 bits per heavy atom. The van der Waals surface area contributed by atoms with Crippen LogP contribution in [0.5, 0.6) is 5.75 Å². The number of nitrogens with zero attached hydrogens (tertiary/aromatic N) is 4. The number of carbonyl (C=O) groups is 2. The summed E-state index contributed by atoms with van der Waals surface area (Å²) in [5.74, 6) is 1.07. The molecule has 1 aliphatic heterocycles. The third-order valence-corrected chi connectivity index (χ3v) is 5.48. The number of amides is 2. The summed E-state index contributed by atoms with van der Waals surface area (Å²) >= 11 is 0. The minimum atomic E-state index is -0.386. The summed E-state index contributed by atoms with van der Waals surface area (Å²) in [6.07, 6.45) is 5.48. The van der Waals surface area contributed by atoms with Gasteiger partial charge in [0.1, 0.15) is 5.75 Å². The van der Waals surface area contributed by atoms with Gasteiger partial charge < -0.3 is 15.4 Å². The fraction of sp³-hybridized carbons (Fsp3) is 0.318. The normalized spacial score (nSPS) is 18.1. The molecule has 0 spiro atoms. The molecule has 1 aromatic carbocycles. The number of imide groups is 1. The van der Waals surface area contributed by atoms with E-state index in [1.54, 1.807) is 23.9 Å². The second kappa shape index (κ2) is 7.95. The highest BCUT2D eigenvalue weighted by molar-refractivity contribution is 6.15. The minimum absolute atomic E-state index is 0.0460. The van der Waals surface area contributed by atoms with Crippen molar-refractivity contribution in [2.75, 3.05) is 17.7 Å². The SMILES string of the molecule is COc1ccccc1[C@H](C)Nc1nc(NC2CC2)n2ncc(/C=C3\CC(=O)NC3=O)c2n1. The van der Waals surface area contributed by atoms with E-state index in [0.717, 1.165) is 24.2 Å². The Bertz CT molecular complexity index is 1250. The molecule has 3 heterocycles. The maximum absolute atomic E-state index is 12.0. The number of anilines is 2. The molecule has 0 radical (unpaired) electrons. The predicted molar refractivity (Wildman–Crippen MR) is 118 cm³/mol. The van der Waals surface area contributed by atoms with Gasteiger partial charge in [0.05, 0.1) is 25.8 Å². The highest BCUT2D eigenvalue weighted by Crippen LogP contribution is 2.29. The lowest BCUT2D eigenvalue weighted by atomic mass is 10.1. The van der Waals surface area contributed by atoms with Crippen LogP contribution in [0.3, 0.4) is 0 Å². The van der Waals surface area contributed by atoms with Crippen LogP contribution >= 0.6 is 0 Å². The highest BCUT2D eigenvalue weighted by atomic mass is 16.5. The number of hydrogen-bond acceptors (Lipinski definition) is 8. The fourth-order valence-corrected chi connectivity index (χ4v) is 3.67. The van der Waals surface area contributed by atoms with E-state index in [1.165, 1.54) is 0 Å². The number of methoxy groups -OCH3 is 1. The Balaban J connectivity index is 1.53. The molecule has 3 N–H and O–H groups in total. The van der Waals surface area contributed by atoms with E-state index in [-0.39, 0.29) is 24.3 Å². The molecule has 1 aliphatic carbocycles. The van der Waals surface area contributed by atoms with Crippen LogP contribution in [-0.2, 0) is 9.59 Å². The van der Waals surface area contributed by atoms with Crippen molar-refractivity contribution in [1.82, 2.24) is 24.9 Å². The van der Waals surface area contributed by atoms with Gasteiger partial charge in [-0.15, -0.1) is 0 Å². The molecule has 5 rings (SSSR count). The molecule has 2 fully saturated rings. The molecule has 2 amide bonds. The molecule has 164 valence electrons. The molecule has 0 bridgehead atoms. The fourth-order valence-electron chi connectivity index (χ4n) is 3.67. The van der Waals surface area contributed by atoms with Crippen molar-refractivity contribution in [3.63, 3.8) is 0 Å². The number of aromatic nitrogens is 4. The number of benzene rings is 1. The smallest absolute Gasteiger partial charge is 0.254 e. The maximum atomic E-state index is 12.0. The van der Waals surface area contributed by atoms with Gasteiger partial charge in [-0.3, -0.25) is 14.9 Å². The van der Waals surface area contributed by atoms with Crippen molar-refractivity contribution in [3.05, 3.63) is 47.2 Å². The van der Waals surface area contributed by atoms with Gasteiger partial charge in [0.2, 0.25) is 17.8 Å². The summed E-state index contributed by atoms with van der Waals surface area (Å²) in [4.78, 5) is 32.9. The molecular formula is C22H23N7O3. The Hall–Kier alpha value is -3.95. The standard InChI is InChI=1S/C22H23N7O3/c1-12(16-5-3-4-6-17(16)32-2)24-21-27-19-14(9-13-10-18(30)26-20(13)31)11-23-29(19)22(28-21)25-15-7-8-15/h3-6,9,11-12,15H,7-8,10H2,1-2H3,(H,26,30,31)(H2,24,25,27,28)/b13-9+/t12-/m0/s1. The zero-order valence-corrected chi connectivity index (χ0v) is 17.8. The van der Waals surface area contributed by atoms with Crippen LogP contribution in [0.25, 0.3) is 11.7 Å². The van der Waals surface area contributed by atoms with E-state index in [1.807, 2.05) is 31.2 Å². The molecule has 1 saturated heterocycles. The zero-order chi connectivity index (χ0) is 22.2. The lowest BCUT2D eigenvalue weighted by molar-refractivity contribution is -0.124. The van der Waals surface area contributed by atoms with Crippen LogP contribution < -0.4 is 20.7 Å². The van der Waals surface area contributed by atoms with E-state index in [4.69, 9.17) is 4.74 Å². The number of ether oxygens (including phenoxy) is 1. The quantitative estimate of drug-likeness (QED) is 0.383. The van der Waals surface area contributed by atoms with Crippen molar-refractivity contribution >= 4 is 35.4 Å². The zero-order valence-electron chi connectivity index (χ0n) is 17.8. The van der Waals surface area contributed by atoms with Gasteiger partial charge in [0.15, 0.2) is 5.65 Å². The molecule has 10 heteroatoms.